The number of likely N-dealkylation sites (tertiary alicyclic amines) is 1. The van der Waals surface area contributed by atoms with Crippen LogP contribution in [0.15, 0.2) is 30.3 Å². The summed E-state index contributed by atoms with van der Waals surface area (Å²) in [6.07, 6.45) is 5.75. The Morgan fingerprint density at radius 3 is 2.05 bits per heavy atom. The van der Waals surface area contributed by atoms with Gasteiger partial charge in [0.25, 0.3) is 0 Å². The normalized spacial score (nSPS) is 18.7. The minimum absolute atomic E-state index is 0. The second-order valence-electron chi connectivity index (χ2n) is 7.21. The van der Waals surface area contributed by atoms with Crippen LogP contribution in [-0.2, 0) is 6.54 Å². The lowest BCUT2D eigenvalue weighted by molar-refractivity contribution is -0.936. The number of hydrogen-bond acceptors (Lipinski definition) is 0. The van der Waals surface area contributed by atoms with E-state index < -0.39 is 8.07 Å². The van der Waals surface area contributed by atoms with E-state index in [1.54, 1.807) is 0 Å². The van der Waals surface area contributed by atoms with Crippen LogP contribution >= 0.6 is 0 Å². The molecule has 1 saturated heterocycles. The van der Waals surface area contributed by atoms with E-state index >= 15 is 0 Å². The minimum Gasteiger partial charge on any atom is -1.00 e. The number of rotatable bonds is 4. The van der Waals surface area contributed by atoms with Gasteiger partial charge < -0.3 is 21.5 Å². The summed E-state index contributed by atoms with van der Waals surface area (Å²) in [5.41, 5.74) is 1.53. The molecule has 108 valence electrons. The highest BCUT2D eigenvalue weighted by atomic mass is 79.9. The highest BCUT2D eigenvalue weighted by Crippen LogP contribution is 2.25. The lowest BCUT2D eigenvalue weighted by Gasteiger charge is -2.45. The first-order chi connectivity index (χ1) is 8.49. The molecule has 1 aliphatic rings. The molecule has 1 aromatic carbocycles. The standard InChI is InChI=1S/C16H28NSi.BrH/c1-18(2,3)15-17(12-8-5-9-13-17)14-16-10-6-4-7-11-16;/h4,6-7,10-11H,5,8-9,12-15H2,1-3H3;1H/q+1;/p-1. The molecule has 3 heteroatoms. The van der Waals surface area contributed by atoms with Gasteiger partial charge in [-0.1, -0.05) is 50.0 Å². The molecular formula is C16H28BrNSi. The van der Waals surface area contributed by atoms with E-state index in [0.29, 0.717) is 0 Å². The Bertz CT molecular complexity index is 366. The van der Waals surface area contributed by atoms with Crippen molar-refractivity contribution in [2.75, 3.05) is 19.3 Å². The van der Waals surface area contributed by atoms with Crippen LogP contribution in [0, 0.1) is 0 Å². The van der Waals surface area contributed by atoms with E-state index in [1.807, 2.05) is 0 Å². The summed E-state index contributed by atoms with van der Waals surface area (Å²) < 4.78 is 1.36. The predicted octanol–water partition coefficient (Wildman–Crippen LogP) is 1.07. The molecule has 19 heavy (non-hydrogen) atoms. The summed E-state index contributed by atoms with van der Waals surface area (Å²) in [6, 6.07) is 11.1. The Labute approximate surface area is 130 Å². The van der Waals surface area contributed by atoms with E-state index in [1.165, 1.54) is 55.1 Å². The van der Waals surface area contributed by atoms with Crippen LogP contribution in [0.4, 0.5) is 0 Å². The molecule has 1 aliphatic heterocycles. The Morgan fingerprint density at radius 2 is 1.53 bits per heavy atom. The van der Waals surface area contributed by atoms with Crippen molar-refractivity contribution in [1.82, 2.24) is 0 Å². The lowest BCUT2D eigenvalue weighted by Crippen LogP contribution is -3.00. The first kappa shape index (κ1) is 16.9. The van der Waals surface area contributed by atoms with Crippen molar-refractivity contribution in [2.45, 2.75) is 45.4 Å². The average molecular weight is 342 g/mol. The van der Waals surface area contributed by atoms with Gasteiger partial charge in [0, 0.05) is 5.56 Å². The van der Waals surface area contributed by atoms with E-state index in [0.717, 1.165) is 0 Å². The van der Waals surface area contributed by atoms with Gasteiger partial charge in [-0.3, -0.25) is 0 Å². The molecule has 1 heterocycles. The van der Waals surface area contributed by atoms with Crippen molar-refractivity contribution < 1.29 is 21.5 Å². The Kier molecular flexibility index (Phi) is 6.28. The van der Waals surface area contributed by atoms with E-state index in [2.05, 4.69) is 50.0 Å². The third-order valence-corrected chi connectivity index (χ3v) is 5.55. The molecule has 0 amide bonds. The van der Waals surface area contributed by atoms with Crippen LogP contribution in [0.1, 0.15) is 24.8 Å². The van der Waals surface area contributed by atoms with Crippen LogP contribution in [0.3, 0.4) is 0 Å². The third-order valence-electron chi connectivity index (χ3n) is 3.94. The number of halogens is 1. The summed E-state index contributed by atoms with van der Waals surface area (Å²) in [4.78, 5) is 0. The van der Waals surface area contributed by atoms with Crippen LogP contribution in [0.5, 0.6) is 0 Å². The molecule has 0 N–H and O–H groups in total. The Morgan fingerprint density at radius 1 is 0.947 bits per heavy atom. The van der Waals surface area contributed by atoms with Gasteiger partial charge in [-0.25, -0.2) is 0 Å². The van der Waals surface area contributed by atoms with Crippen LogP contribution in [0.2, 0.25) is 19.6 Å². The fourth-order valence-electron chi connectivity index (χ4n) is 3.53. The van der Waals surface area contributed by atoms with Crippen molar-refractivity contribution in [1.29, 1.82) is 0 Å². The summed E-state index contributed by atoms with van der Waals surface area (Å²) in [5.74, 6) is 0. The first-order valence-electron chi connectivity index (χ1n) is 7.38. The van der Waals surface area contributed by atoms with Gasteiger partial charge in [0.1, 0.15) is 14.6 Å². The number of benzene rings is 1. The fraction of sp³-hybridized carbons (Fsp3) is 0.625. The van der Waals surface area contributed by atoms with E-state index in [9.17, 15) is 0 Å². The minimum atomic E-state index is -0.999. The molecule has 1 aromatic rings. The molecule has 0 unspecified atom stereocenters. The van der Waals surface area contributed by atoms with Crippen molar-refractivity contribution in [3.8, 4) is 0 Å². The van der Waals surface area contributed by atoms with Gasteiger partial charge >= 0.3 is 0 Å². The summed E-state index contributed by atoms with van der Waals surface area (Å²) in [5, 5.41) is 0. The molecule has 0 aliphatic carbocycles. The maximum absolute atomic E-state index is 2.52. The van der Waals surface area contributed by atoms with Gasteiger partial charge in [0.05, 0.1) is 19.3 Å². The number of nitrogens with zero attached hydrogens (tertiary/aromatic N) is 1. The molecular weight excluding hydrogens is 314 g/mol. The molecule has 0 bridgehead atoms. The second-order valence-corrected chi connectivity index (χ2v) is 12.6. The smallest absolute Gasteiger partial charge is 0.110 e. The van der Waals surface area contributed by atoms with Crippen molar-refractivity contribution in [2.24, 2.45) is 0 Å². The quantitative estimate of drug-likeness (QED) is 0.567. The van der Waals surface area contributed by atoms with Crippen LogP contribution in [0.25, 0.3) is 0 Å². The summed E-state index contributed by atoms with van der Waals surface area (Å²) in [7, 11) is -0.999. The SMILES string of the molecule is C[Si](C)(C)C[N+]1(Cc2ccccc2)CCCCC1.[Br-]. The zero-order valence-electron chi connectivity index (χ0n) is 12.7. The van der Waals surface area contributed by atoms with Crippen LogP contribution < -0.4 is 17.0 Å². The number of quaternary nitrogens is 1. The molecule has 1 nitrogen and oxygen atoms in total. The van der Waals surface area contributed by atoms with Crippen molar-refractivity contribution >= 4 is 8.07 Å². The molecule has 0 radical (unpaired) electrons. The first-order valence-corrected chi connectivity index (χ1v) is 11.1. The molecule has 2 rings (SSSR count). The van der Waals surface area contributed by atoms with Crippen LogP contribution in [-0.4, -0.2) is 31.8 Å². The third kappa shape index (κ3) is 5.40. The van der Waals surface area contributed by atoms with E-state index in [4.69, 9.17) is 0 Å². The van der Waals surface area contributed by atoms with Gasteiger partial charge in [-0.05, 0) is 19.3 Å². The molecule has 0 atom stereocenters. The zero-order chi connectivity index (χ0) is 13.1. The molecule has 0 saturated carbocycles. The van der Waals surface area contributed by atoms with Gasteiger partial charge in [-0.15, -0.1) is 0 Å². The second kappa shape index (κ2) is 7.05. The number of hydrogen-bond donors (Lipinski definition) is 0. The summed E-state index contributed by atoms with van der Waals surface area (Å²) >= 11 is 0. The van der Waals surface area contributed by atoms with Crippen molar-refractivity contribution in [3.63, 3.8) is 0 Å². The molecule has 0 aromatic heterocycles. The Hall–Kier alpha value is -0.123. The molecule has 1 fully saturated rings. The number of piperidine rings is 1. The zero-order valence-corrected chi connectivity index (χ0v) is 15.2. The monoisotopic (exact) mass is 341 g/mol. The van der Waals surface area contributed by atoms with Gasteiger partial charge in [0.2, 0.25) is 0 Å². The fourth-order valence-corrected chi connectivity index (χ4v) is 5.97. The summed E-state index contributed by atoms with van der Waals surface area (Å²) in [6.45, 7) is 11.6. The molecule has 0 spiro atoms. The van der Waals surface area contributed by atoms with Crippen molar-refractivity contribution in [3.05, 3.63) is 35.9 Å². The maximum Gasteiger partial charge on any atom is 0.110 e. The largest absolute Gasteiger partial charge is 1.00 e. The predicted molar refractivity (Wildman–Crippen MR) is 82.2 cm³/mol. The van der Waals surface area contributed by atoms with Gasteiger partial charge in [-0.2, -0.15) is 0 Å². The topological polar surface area (TPSA) is 0 Å². The Balaban J connectivity index is 0.00000180. The maximum atomic E-state index is 2.52. The van der Waals surface area contributed by atoms with E-state index in [-0.39, 0.29) is 17.0 Å². The highest BCUT2D eigenvalue weighted by molar-refractivity contribution is 6.76. The highest BCUT2D eigenvalue weighted by Gasteiger charge is 2.35. The van der Waals surface area contributed by atoms with Gasteiger partial charge in [0.15, 0.2) is 0 Å². The lowest BCUT2D eigenvalue weighted by atomic mass is 10.1. The average Bonchev–Trinajstić information content (AvgIpc) is 2.28.